The van der Waals surface area contributed by atoms with Crippen molar-refractivity contribution in [2.45, 2.75) is 25.3 Å². The zero-order chi connectivity index (χ0) is 17.6. The number of amides is 1. The number of hydrogen-bond acceptors (Lipinski definition) is 4. The van der Waals surface area contributed by atoms with Gasteiger partial charge in [0.25, 0.3) is 5.91 Å². The highest BCUT2D eigenvalue weighted by molar-refractivity contribution is 5.94. The van der Waals surface area contributed by atoms with Crippen molar-refractivity contribution < 1.29 is 9.53 Å². The highest BCUT2D eigenvalue weighted by Gasteiger charge is 2.20. The van der Waals surface area contributed by atoms with Crippen LogP contribution in [0.2, 0.25) is 0 Å². The van der Waals surface area contributed by atoms with E-state index in [-0.39, 0.29) is 5.91 Å². The number of hydrogen-bond donors (Lipinski definition) is 1. The Morgan fingerprint density at radius 3 is 2.60 bits per heavy atom. The van der Waals surface area contributed by atoms with Crippen LogP contribution in [0.25, 0.3) is 11.1 Å². The van der Waals surface area contributed by atoms with Crippen LogP contribution < -0.4 is 10.1 Å². The number of carbonyl (C=O) groups excluding carboxylic acids is 1. The summed E-state index contributed by atoms with van der Waals surface area (Å²) in [5.41, 5.74) is 2.71. The molecule has 1 saturated heterocycles. The van der Waals surface area contributed by atoms with Crippen molar-refractivity contribution in [2.24, 2.45) is 0 Å². The van der Waals surface area contributed by atoms with Crippen molar-refractivity contribution in [3.05, 3.63) is 48.2 Å². The van der Waals surface area contributed by atoms with Crippen molar-refractivity contribution in [3.63, 3.8) is 0 Å². The molecule has 5 nitrogen and oxygen atoms in total. The van der Waals surface area contributed by atoms with Gasteiger partial charge in [0, 0.05) is 36.0 Å². The molecule has 1 aliphatic rings. The molecule has 5 heteroatoms. The highest BCUT2D eigenvalue weighted by atomic mass is 16.5. The largest absolute Gasteiger partial charge is 0.481 e. The fourth-order valence-electron chi connectivity index (χ4n) is 3.28. The first-order chi connectivity index (χ1) is 12.2. The standard InChI is InChI=1S/C20H25N3O2/c1-23-13-3-4-18(23)11-12-21-20(24)16-7-5-15(6-8-16)17-9-10-19(25-2)22-14-17/h5-10,14,18H,3-4,11-13H2,1-2H3,(H,21,24)/t18-/m1/s1. The Morgan fingerprint density at radius 1 is 1.24 bits per heavy atom. The summed E-state index contributed by atoms with van der Waals surface area (Å²) < 4.78 is 5.07. The van der Waals surface area contributed by atoms with E-state index < -0.39 is 0 Å². The van der Waals surface area contributed by atoms with E-state index in [1.54, 1.807) is 13.3 Å². The predicted molar refractivity (Wildman–Crippen MR) is 98.8 cm³/mol. The quantitative estimate of drug-likeness (QED) is 0.879. The molecule has 1 aromatic heterocycles. The minimum Gasteiger partial charge on any atom is -0.481 e. The summed E-state index contributed by atoms with van der Waals surface area (Å²) in [4.78, 5) is 18.9. The van der Waals surface area contributed by atoms with Gasteiger partial charge >= 0.3 is 0 Å². The molecule has 3 rings (SSSR count). The van der Waals surface area contributed by atoms with Gasteiger partial charge in [0.15, 0.2) is 0 Å². The van der Waals surface area contributed by atoms with Crippen LogP contribution in [0.3, 0.4) is 0 Å². The van der Waals surface area contributed by atoms with Gasteiger partial charge in [-0.05, 0) is 56.6 Å². The number of ether oxygens (including phenoxy) is 1. The minimum atomic E-state index is -0.0138. The van der Waals surface area contributed by atoms with Crippen molar-refractivity contribution in [3.8, 4) is 17.0 Å². The molecule has 0 radical (unpaired) electrons. The molecule has 25 heavy (non-hydrogen) atoms. The summed E-state index contributed by atoms with van der Waals surface area (Å²) in [6.45, 7) is 1.89. The summed E-state index contributed by atoms with van der Waals surface area (Å²) >= 11 is 0. The van der Waals surface area contributed by atoms with Gasteiger partial charge in [-0.3, -0.25) is 4.79 Å². The number of benzene rings is 1. The van der Waals surface area contributed by atoms with E-state index in [1.165, 1.54) is 19.4 Å². The third-order valence-corrected chi connectivity index (χ3v) is 4.86. The number of nitrogens with zero attached hydrogens (tertiary/aromatic N) is 2. The van der Waals surface area contributed by atoms with Crippen molar-refractivity contribution in [2.75, 3.05) is 27.2 Å². The van der Waals surface area contributed by atoms with Crippen LogP contribution in [0.15, 0.2) is 42.6 Å². The molecule has 132 valence electrons. The molecule has 1 aromatic carbocycles. The zero-order valence-corrected chi connectivity index (χ0v) is 14.9. The normalized spacial score (nSPS) is 17.4. The fourth-order valence-corrected chi connectivity index (χ4v) is 3.28. The molecule has 1 N–H and O–H groups in total. The lowest BCUT2D eigenvalue weighted by molar-refractivity contribution is 0.0950. The third kappa shape index (κ3) is 4.37. The highest BCUT2D eigenvalue weighted by Crippen LogP contribution is 2.21. The van der Waals surface area contributed by atoms with Crippen LogP contribution in [0, 0.1) is 0 Å². The van der Waals surface area contributed by atoms with Crippen LogP contribution >= 0.6 is 0 Å². The molecule has 0 aliphatic carbocycles. The number of carbonyl (C=O) groups is 1. The van der Waals surface area contributed by atoms with Gasteiger partial charge in [0.05, 0.1) is 7.11 Å². The summed E-state index contributed by atoms with van der Waals surface area (Å²) in [5, 5.41) is 3.03. The summed E-state index contributed by atoms with van der Waals surface area (Å²) in [6, 6.07) is 12.0. The molecule has 0 saturated carbocycles. The predicted octanol–water partition coefficient (Wildman–Crippen LogP) is 2.97. The smallest absolute Gasteiger partial charge is 0.251 e. The van der Waals surface area contributed by atoms with E-state index in [2.05, 4.69) is 22.2 Å². The molecule has 1 fully saturated rings. The van der Waals surface area contributed by atoms with Gasteiger partial charge in [-0.15, -0.1) is 0 Å². The second-order valence-corrected chi connectivity index (χ2v) is 6.49. The van der Waals surface area contributed by atoms with Crippen LogP contribution in [0.1, 0.15) is 29.6 Å². The Hall–Kier alpha value is -2.40. The number of pyridine rings is 1. The van der Waals surface area contributed by atoms with E-state index in [9.17, 15) is 4.79 Å². The Bertz CT molecular complexity index is 698. The molecule has 2 heterocycles. The maximum Gasteiger partial charge on any atom is 0.251 e. The Labute approximate surface area is 149 Å². The number of rotatable bonds is 6. The lowest BCUT2D eigenvalue weighted by atomic mass is 10.1. The van der Waals surface area contributed by atoms with Crippen LogP contribution in [0.5, 0.6) is 5.88 Å². The molecular formula is C20H25N3O2. The van der Waals surface area contributed by atoms with Gasteiger partial charge < -0.3 is 15.0 Å². The molecule has 1 atom stereocenters. The zero-order valence-electron chi connectivity index (χ0n) is 14.9. The Balaban J connectivity index is 1.54. The Morgan fingerprint density at radius 2 is 2.00 bits per heavy atom. The molecule has 1 aliphatic heterocycles. The number of methoxy groups -OCH3 is 1. The third-order valence-electron chi connectivity index (χ3n) is 4.86. The average molecular weight is 339 g/mol. The SMILES string of the molecule is COc1ccc(-c2ccc(C(=O)NCC[C@H]3CCCN3C)cc2)cn1. The first-order valence-corrected chi connectivity index (χ1v) is 8.76. The van der Waals surface area contributed by atoms with Gasteiger partial charge in [-0.1, -0.05) is 12.1 Å². The van der Waals surface area contributed by atoms with Gasteiger partial charge in [-0.2, -0.15) is 0 Å². The fraction of sp³-hybridized carbons (Fsp3) is 0.400. The van der Waals surface area contributed by atoms with Crippen LogP contribution in [-0.2, 0) is 0 Å². The van der Waals surface area contributed by atoms with E-state index in [0.29, 0.717) is 17.5 Å². The van der Waals surface area contributed by atoms with Gasteiger partial charge in [0.1, 0.15) is 0 Å². The number of likely N-dealkylation sites (tertiary alicyclic amines) is 1. The second-order valence-electron chi connectivity index (χ2n) is 6.49. The lowest BCUT2D eigenvalue weighted by Gasteiger charge is -2.19. The van der Waals surface area contributed by atoms with Crippen LogP contribution in [-0.4, -0.2) is 49.1 Å². The summed E-state index contributed by atoms with van der Waals surface area (Å²) in [7, 11) is 3.76. The first-order valence-electron chi connectivity index (χ1n) is 8.76. The second kappa shape index (κ2) is 8.12. The number of nitrogens with one attached hydrogen (secondary N) is 1. The van der Waals surface area contributed by atoms with Gasteiger partial charge in [-0.25, -0.2) is 4.98 Å². The lowest BCUT2D eigenvalue weighted by Crippen LogP contribution is -2.31. The summed E-state index contributed by atoms with van der Waals surface area (Å²) in [5.74, 6) is 0.577. The van der Waals surface area contributed by atoms with E-state index in [4.69, 9.17) is 4.74 Å². The van der Waals surface area contributed by atoms with Gasteiger partial charge in [0.2, 0.25) is 5.88 Å². The monoisotopic (exact) mass is 339 g/mol. The van der Waals surface area contributed by atoms with Crippen molar-refractivity contribution in [1.29, 1.82) is 0 Å². The first kappa shape index (κ1) is 17.4. The molecule has 0 bridgehead atoms. The Kier molecular flexibility index (Phi) is 5.66. The molecule has 2 aromatic rings. The minimum absolute atomic E-state index is 0.0138. The maximum absolute atomic E-state index is 12.3. The van der Waals surface area contributed by atoms with Crippen molar-refractivity contribution >= 4 is 5.91 Å². The number of aromatic nitrogens is 1. The van der Waals surface area contributed by atoms with Crippen molar-refractivity contribution in [1.82, 2.24) is 15.2 Å². The van der Waals surface area contributed by atoms with E-state index in [1.807, 2.05) is 36.4 Å². The van der Waals surface area contributed by atoms with Crippen LogP contribution in [0.4, 0.5) is 0 Å². The van der Waals surface area contributed by atoms with E-state index in [0.717, 1.165) is 24.1 Å². The molecular weight excluding hydrogens is 314 g/mol. The maximum atomic E-state index is 12.3. The van der Waals surface area contributed by atoms with E-state index >= 15 is 0 Å². The topological polar surface area (TPSA) is 54.5 Å². The molecule has 0 unspecified atom stereocenters. The summed E-state index contributed by atoms with van der Waals surface area (Å²) in [6.07, 6.45) is 5.28. The molecule has 1 amide bonds. The molecule has 0 spiro atoms. The average Bonchev–Trinajstić information content (AvgIpc) is 3.07.